The van der Waals surface area contributed by atoms with Gasteiger partial charge in [-0.3, -0.25) is 0 Å². The maximum atomic E-state index is 2.32. The molecule has 1 heteroatoms. The summed E-state index contributed by atoms with van der Waals surface area (Å²) >= 11 is 0.225. The summed E-state index contributed by atoms with van der Waals surface area (Å²) in [5, 5.41) is 0. The first-order chi connectivity index (χ1) is 3.30. The third-order valence-corrected chi connectivity index (χ3v) is 3.66. The van der Waals surface area contributed by atoms with E-state index in [-0.39, 0.29) is 15.8 Å². The van der Waals surface area contributed by atoms with Crippen LogP contribution < -0.4 is 0 Å². The Balaban J connectivity index is 2.79. The van der Waals surface area contributed by atoms with Crippen molar-refractivity contribution in [3.05, 3.63) is 20.9 Å². The zero-order valence-corrected chi connectivity index (χ0v) is 6.75. The number of allylic oxidation sites excluding steroid dienone is 3. The van der Waals surface area contributed by atoms with Crippen LogP contribution in [0.3, 0.4) is 0 Å². The molecule has 1 aliphatic rings. The van der Waals surface area contributed by atoms with Gasteiger partial charge in [0.25, 0.3) is 0 Å². The van der Waals surface area contributed by atoms with Gasteiger partial charge in [0.1, 0.15) is 0 Å². The van der Waals surface area contributed by atoms with Gasteiger partial charge in [-0.1, -0.05) is 0 Å². The van der Waals surface area contributed by atoms with Gasteiger partial charge in [0.15, 0.2) is 0 Å². The fourth-order valence-corrected chi connectivity index (χ4v) is 2.41. The summed E-state index contributed by atoms with van der Waals surface area (Å²) in [5.41, 5.74) is 1.50. The van der Waals surface area contributed by atoms with Gasteiger partial charge in [0.05, 0.1) is 0 Å². The molecule has 1 atom stereocenters. The van der Waals surface area contributed by atoms with Crippen molar-refractivity contribution < 1.29 is 0 Å². The molecule has 0 amide bonds. The molecule has 0 bridgehead atoms. The standard InChI is InChI=1S/C6H9As/c1-5-3-4-7-6(5)2/h3-4,7H,1-2H3. The molecule has 0 aromatic rings. The van der Waals surface area contributed by atoms with Gasteiger partial charge in [0, 0.05) is 0 Å². The van der Waals surface area contributed by atoms with Gasteiger partial charge in [-0.05, 0) is 0 Å². The van der Waals surface area contributed by atoms with E-state index in [0.29, 0.717) is 0 Å². The van der Waals surface area contributed by atoms with Crippen molar-refractivity contribution in [3.8, 4) is 0 Å². The second-order valence-electron chi connectivity index (χ2n) is 1.79. The molecule has 0 fully saturated rings. The summed E-state index contributed by atoms with van der Waals surface area (Å²) < 4.78 is 1.64. The molecule has 0 N–H and O–H groups in total. The van der Waals surface area contributed by atoms with Crippen LogP contribution >= 0.6 is 0 Å². The molecule has 7 heavy (non-hydrogen) atoms. The van der Waals surface area contributed by atoms with E-state index in [1.807, 2.05) is 0 Å². The fraction of sp³-hybridized carbons (Fsp3) is 0.333. The van der Waals surface area contributed by atoms with Crippen LogP contribution in [-0.2, 0) is 0 Å². The summed E-state index contributed by atoms with van der Waals surface area (Å²) in [6.45, 7) is 4.41. The molecule has 0 radical (unpaired) electrons. The monoisotopic (exact) mass is 156 g/mol. The van der Waals surface area contributed by atoms with Crippen molar-refractivity contribution in [1.29, 1.82) is 0 Å². The van der Waals surface area contributed by atoms with Gasteiger partial charge in [-0.15, -0.1) is 0 Å². The fourth-order valence-electron chi connectivity index (χ4n) is 0.531. The third kappa shape index (κ3) is 0.977. The topological polar surface area (TPSA) is 0 Å². The van der Waals surface area contributed by atoms with Gasteiger partial charge in [0.2, 0.25) is 0 Å². The Labute approximate surface area is 51.0 Å². The Morgan fingerprint density at radius 1 is 1.43 bits per heavy atom. The molecule has 1 aliphatic heterocycles. The third-order valence-electron chi connectivity index (χ3n) is 1.22. The Hall–Kier alpha value is 0.0384. The summed E-state index contributed by atoms with van der Waals surface area (Å²) in [6.07, 6.45) is 2.23. The molecule has 1 rings (SSSR count). The van der Waals surface area contributed by atoms with E-state index in [1.165, 1.54) is 5.57 Å². The molecule has 0 aromatic heterocycles. The van der Waals surface area contributed by atoms with Gasteiger partial charge in [-0.2, -0.15) is 0 Å². The van der Waals surface area contributed by atoms with Crippen LogP contribution in [0.2, 0.25) is 0 Å². The first kappa shape index (κ1) is 5.18. The predicted molar refractivity (Wildman–Crippen MR) is 34.7 cm³/mol. The van der Waals surface area contributed by atoms with Crippen LogP contribution in [0.25, 0.3) is 0 Å². The summed E-state index contributed by atoms with van der Waals surface area (Å²) in [6, 6.07) is 0. The van der Waals surface area contributed by atoms with E-state index in [1.54, 1.807) is 4.36 Å². The number of hydrogen-bond donors (Lipinski definition) is 0. The molecular weight excluding hydrogens is 147 g/mol. The van der Waals surface area contributed by atoms with Crippen LogP contribution in [-0.4, -0.2) is 15.8 Å². The van der Waals surface area contributed by atoms with Crippen molar-refractivity contribution in [2.24, 2.45) is 0 Å². The van der Waals surface area contributed by atoms with Crippen LogP contribution in [0, 0.1) is 0 Å². The van der Waals surface area contributed by atoms with Crippen LogP contribution in [0.15, 0.2) is 20.9 Å². The van der Waals surface area contributed by atoms with Crippen molar-refractivity contribution in [3.63, 3.8) is 0 Å². The van der Waals surface area contributed by atoms with Gasteiger partial charge >= 0.3 is 50.5 Å². The van der Waals surface area contributed by atoms with E-state index >= 15 is 0 Å². The minimum atomic E-state index is 0.225. The first-order valence-corrected chi connectivity index (χ1v) is 4.67. The molecule has 1 heterocycles. The molecule has 0 nitrogen and oxygen atoms in total. The molecular formula is C6H9As. The molecule has 0 aromatic carbocycles. The van der Waals surface area contributed by atoms with Gasteiger partial charge < -0.3 is 0 Å². The molecule has 0 spiro atoms. The Morgan fingerprint density at radius 2 is 2.14 bits per heavy atom. The molecule has 38 valence electrons. The molecule has 0 saturated carbocycles. The van der Waals surface area contributed by atoms with E-state index in [4.69, 9.17) is 0 Å². The van der Waals surface area contributed by atoms with Crippen molar-refractivity contribution in [2.75, 3.05) is 0 Å². The maximum absolute atomic E-state index is 2.32. The molecule has 1 unspecified atom stereocenters. The summed E-state index contributed by atoms with van der Waals surface area (Å²) in [5.74, 6) is 0. The summed E-state index contributed by atoms with van der Waals surface area (Å²) in [7, 11) is 0. The van der Waals surface area contributed by atoms with Crippen molar-refractivity contribution in [1.82, 2.24) is 0 Å². The van der Waals surface area contributed by atoms with Crippen molar-refractivity contribution in [2.45, 2.75) is 13.8 Å². The zero-order valence-electron chi connectivity index (χ0n) is 4.65. The van der Waals surface area contributed by atoms with E-state index in [9.17, 15) is 0 Å². The second kappa shape index (κ2) is 1.88. The van der Waals surface area contributed by atoms with Gasteiger partial charge in [-0.25, -0.2) is 0 Å². The van der Waals surface area contributed by atoms with Crippen LogP contribution in [0.4, 0.5) is 0 Å². The Morgan fingerprint density at radius 3 is 2.29 bits per heavy atom. The van der Waals surface area contributed by atoms with E-state index in [0.717, 1.165) is 0 Å². The first-order valence-electron chi connectivity index (χ1n) is 2.41. The Kier molecular flexibility index (Phi) is 1.39. The Bertz CT molecular complexity index is 131. The van der Waals surface area contributed by atoms with Crippen LogP contribution in [0.5, 0.6) is 0 Å². The second-order valence-corrected chi connectivity index (χ2v) is 4.66. The normalized spacial score (nSPS) is 22.6. The van der Waals surface area contributed by atoms with E-state index < -0.39 is 0 Å². The van der Waals surface area contributed by atoms with E-state index in [2.05, 4.69) is 24.8 Å². The molecule has 0 aliphatic carbocycles. The SMILES string of the molecule is CC1=C(C)[AsH]C=C1. The summed E-state index contributed by atoms with van der Waals surface area (Å²) in [4.78, 5) is 2.32. The number of rotatable bonds is 0. The van der Waals surface area contributed by atoms with Crippen molar-refractivity contribution >= 4 is 15.8 Å². The quantitative estimate of drug-likeness (QED) is 0.463. The zero-order chi connectivity index (χ0) is 5.28. The average molecular weight is 156 g/mol. The minimum absolute atomic E-state index is 0.225. The average Bonchev–Trinajstić information content (AvgIpc) is 1.91. The number of hydrogen-bond acceptors (Lipinski definition) is 0. The van der Waals surface area contributed by atoms with Crippen LogP contribution in [0.1, 0.15) is 13.8 Å². The molecule has 0 saturated heterocycles. The predicted octanol–water partition coefficient (Wildman–Crippen LogP) is 1.24.